The Kier molecular flexibility index (Phi) is 9.03. The fourth-order valence-corrected chi connectivity index (χ4v) is 2.55. The average molecular weight is 444 g/mol. The molecule has 0 aliphatic heterocycles. The lowest BCUT2D eigenvalue weighted by atomic mass is 10.2. The Bertz CT molecular complexity index is 972. The Morgan fingerprint density at radius 1 is 0.812 bits per heavy atom. The van der Waals surface area contributed by atoms with E-state index >= 15 is 0 Å². The molecule has 0 heterocycles. The van der Waals surface area contributed by atoms with Crippen molar-refractivity contribution < 1.29 is 38.1 Å². The van der Waals surface area contributed by atoms with Gasteiger partial charge >= 0.3 is 11.9 Å². The van der Waals surface area contributed by atoms with E-state index in [9.17, 15) is 19.2 Å². The van der Waals surface area contributed by atoms with Gasteiger partial charge in [0, 0.05) is 18.2 Å². The van der Waals surface area contributed by atoms with Crippen molar-refractivity contribution in [3.05, 3.63) is 48.0 Å². The van der Waals surface area contributed by atoms with Gasteiger partial charge in [-0.05, 0) is 36.4 Å². The van der Waals surface area contributed by atoms with Gasteiger partial charge < -0.3 is 29.6 Å². The molecule has 0 spiro atoms. The van der Waals surface area contributed by atoms with Gasteiger partial charge in [-0.15, -0.1) is 0 Å². The zero-order valence-corrected chi connectivity index (χ0v) is 17.9. The summed E-state index contributed by atoms with van der Waals surface area (Å²) < 4.78 is 19.8. The van der Waals surface area contributed by atoms with Crippen LogP contribution in [-0.4, -0.2) is 51.7 Å². The molecule has 0 bridgehead atoms. The van der Waals surface area contributed by atoms with Gasteiger partial charge in [-0.2, -0.15) is 0 Å². The van der Waals surface area contributed by atoms with E-state index in [1.165, 1.54) is 33.5 Å². The van der Waals surface area contributed by atoms with E-state index in [0.29, 0.717) is 28.4 Å². The van der Waals surface area contributed by atoms with E-state index in [2.05, 4.69) is 15.4 Å². The van der Waals surface area contributed by atoms with E-state index in [4.69, 9.17) is 14.2 Å². The molecule has 0 unspecified atom stereocenters. The van der Waals surface area contributed by atoms with E-state index in [0.717, 1.165) is 0 Å². The summed E-state index contributed by atoms with van der Waals surface area (Å²) in [5, 5.41) is 5.17. The molecule has 0 saturated heterocycles. The number of hydrogen-bond acceptors (Lipinski definition) is 8. The molecule has 0 atom stereocenters. The standard InChI is InChI=1S/C22H24N2O8/c1-29-16-8-9-17(18(12-16)30-2)24-20(26)13-32-21(27)11-10-19(25)23-15-6-4-14(5-7-15)22(28)31-3/h4-9,12H,10-11,13H2,1-3H3,(H,23,25)(H,24,26). The molecule has 2 aromatic rings. The van der Waals surface area contributed by atoms with Crippen LogP contribution in [0.1, 0.15) is 23.2 Å². The Labute approximate surface area is 184 Å². The summed E-state index contributed by atoms with van der Waals surface area (Å²) >= 11 is 0. The lowest BCUT2D eigenvalue weighted by Crippen LogP contribution is -2.22. The molecule has 0 fully saturated rings. The number of nitrogens with one attached hydrogen (secondary N) is 2. The molecule has 2 amide bonds. The number of benzene rings is 2. The number of carbonyl (C=O) groups excluding carboxylic acids is 4. The molecule has 10 nitrogen and oxygen atoms in total. The Morgan fingerprint density at radius 3 is 2.16 bits per heavy atom. The topological polar surface area (TPSA) is 129 Å². The molecule has 0 aliphatic rings. The zero-order valence-electron chi connectivity index (χ0n) is 17.9. The highest BCUT2D eigenvalue weighted by molar-refractivity contribution is 5.96. The van der Waals surface area contributed by atoms with Crippen molar-refractivity contribution in [1.29, 1.82) is 0 Å². The first-order chi connectivity index (χ1) is 15.4. The van der Waals surface area contributed by atoms with Gasteiger partial charge in [-0.1, -0.05) is 0 Å². The minimum absolute atomic E-state index is 0.133. The van der Waals surface area contributed by atoms with Crippen molar-refractivity contribution in [3.63, 3.8) is 0 Å². The first-order valence-electron chi connectivity index (χ1n) is 9.52. The van der Waals surface area contributed by atoms with E-state index < -0.39 is 30.4 Å². The van der Waals surface area contributed by atoms with Crippen molar-refractivity contribution in [2.75, 3.05) is 38.6 Å². The highest BCUT2D eigenvalue weighted by Crippen LogP contribution is 2.28. The summed E-state index contributed by atoms with van der Waals surface area (Å²) in [5.74, 6) is -1.21. The second-order valence-corrected chi connectivity index (χ2v) is 6.39. The van der Waals surface area contributed by atoms with Crippen LogP contribution in [0, 0.1) is 0 Å². The number of ether oxygens (including phenoxy) is 4. The van der Waals surface area contributed by atoms with Crippen LogP contribution in [0.25, 0.3) is 0 Å². The van der Waals surface area contributed by atoms with Crippen LogP contribution in [0.4, 0.5) is 11.4 Å². The lowest BCUT2D eigenvalue weighted by Gasteiger charge is -2.11. The predicted octanol–water partition coefficient (Wildman–Crippen LogP) is 2.39. The molecular formula is C22H24N2O8. The summed E-state index contributed by atoms with van der Waals surface area (Å²) in [5.41, 5.74) is 1.20. The van der Waals surface area contributed by atoms with Gasteiger partial charge in [0.25, 0.3) is 5.91 Å². The average Bonchev–Trinajstić information content (AvgIpc) is 2.81. The number of hydrogen-bond donors (Lipinski definition) is 2. The Morgan fingerprint density at radius 2 is 1.53 bits per heavy atom. The third-order valence-corrected chi connectivity index (χ3v) is 4.19. The third-order valence-electron chi connectivity index (χ3n) is 4.19. The molecule has 10 heteroatoms. The lowest BCUT2D eigenvalue weighted by molar-refractivity contribution is -0.147. The van der Waals surface area contributed by atoms with Crippen molar-refractivity contribution >= 4 is 35.1 Å². The molecule has 2 aromatic carbocycles. The Balaban J connectivity index is 1.74. The van der Waals surface area contributed by atoms with Gasteiger partial charge in [-0.25, -0.2) is 4.79 Å². The normalized spacial score (nSPS) is 9.97. The summed E-state index contributed by atoms with van der Waals surface area (Å²) in [6.45, 7) is -0.509. The summed E-state index contributed by atoms with van der Waals surface area (Å²) in [6, 6.07) is 10.9. The van der Waals surface area contributed by atoms with Gasteiger partial charge in [0.05, 0.1) is 39.0 Å². The van der Waals surface area contributed by atoms with Gasteiger partial charge in [-0.3, -0.25) is 14.4 Å². The smallest absolute Gasteiger partial charge is 0.337 e. The monoisotopic (exact) mass is 444 g/mol. The molecule has 2 N–H and O–H groups in total. The van der Waals surface area contributed by atoms with Crippen molar-refractivity contribution in [3.8, 4) is 11.5 Å². The largest absolute Gasteiger partial charge is 0.497 e. The van der Waals surface area contributed by atoms with Gasteiger partial charge in [0.1, 0.15) is 11.5 Å². The number of anilines is 2. The van der Waals surface area contributed by atoms with E-state index in [-0.39, 0.29) is 12.8 Å². The zero-order chi connectivity index (χ0) is 23.5. The number of carbonyl (C=O) groups is 4. The van der Waals surface area contributed by atoms with Crippen LogP contribution in [0.3, 0.4) is 0 Å². The molecule has 32 heavy (non-hydrogen) atoms. The number of methoxy groups -OCH3 is 3. The number of amides is 2. The number of esters is 2. The van der Waals surface area contributed by atoms with Crippen LogP contribution in [0.2, 0.25) is 0 Å². The summed E-state index contributed by atoms with van der Waals surface area (Å²) in [7, 11) is 4.23. The Hall–Kier alpha value is -4.08. The maximum absolute atomic E-state index is 12.0. The molecule has 2 rings (SSSR count). The molecular weight excluding hydrogens is 420 g/mol. The maximum Gasteiger partial charge on any atom is 0.337 e. The quantitative estimate of drug-likeness (QED) is 0.535. The fraction of sp³-hybridized carbons (Fsp3) is 0.273. The third kappa shape index (κ3) is 7.31. The SMILES string of the molecule is COC(=O)c1ccc(NC(=O)CCC(=O)OCC(=O)Nc2ccc(OC)cc2OC)cc1. The second-order valence-electron chi connectivity index (χ2n) is 6.39. The fourth-order valence-electron chi connectivity index (χ4n) is 2.55. The van der Waals surface area contributed by atoms with Crippen LogP contribution in [0.15, 0.2) is 42.5 Å². The van der Waals surface area contributed by atoms with E-state index in [1.54, 1.807) is 30.3 Å². The summed E-state index contributed by atoms with van der Waals surface area (Å²) in [4.78, 5) is 47.2. The maximum atomic E-state index is 12.0. The van der Waals surface area contributed by atoms with Crippen LogP contribution < -0.4 is 20.1 Å². The van der Waals surface area contributed by atoms with Crippen molar-refractivity contribution in [2.45, 2.75) is 12.8 Å². The van der Waals surface area contributed by atoms with Crippen molar-refractivity contribution in [2.24, 2.45) is 0 Å². The predicted molar refractivity (Wildman–Crippen MR) is 115 cm³/mol. The highest BCUT2D eigenvalue weighted by atomic mass is 16.5. The van der Waals surface area contributed by atoms with Crippen LogP contribution in [0.5, 0.6) is 11.5 Å². The first kappa shape index (κ1) is 24.2. The van der Waals surface area contributed by atoms with E-state index in [1.807, 2.05) is 0 Å². The highest BCUT2D eigenvalue weighted by Gasteiger charge is 2.13. The summed E-state index contributed by atoms with van der Waals surface area (Å²) in [6.07, 6.45) is -0.337. The molecule has 0 aromatic heterocycles. The minimum atomic E-state index is -0.696. The second kappa shape index (κ2) is 11.9. The molecule has 0 aliphatic carbocycles. The minimum Gasteiger partial charge on any atom is -0.497 e. The molecule has 170 valence electrons. The van der Waals surface area contributed by atoms with Crippen molar-refractivity contribution in [1.82, 2.24) is 0 Å². The van der Waals surface area contributed by atoms with Gasteiger partial charge in [0.2, 0.25) is 5.91 Å². The van der Waals surface area contributed by atoms with Gasteiger partial charge in [0.15, 0.2) is 6.61 Å². The first-order valence-corrected chi connectivity index (χ1v) is 9.52. The number of rotatable bonds is 10. The molecule has 0 saturated carbocycles. The van der Waals surface area contributed by atoms with Crippen LogP contribution in [-0.2, 0) is 23.9 Å². The van der Waals surface area contributed by atoms with Crippen LogP contribution >= 0.6 is 0 Å². The molecule has 0 radical (unpaired) electrons.